The van der Waals surface area contributed by atoms with Crippen molar-refractivity contribution in [1.29, 1.82) is 0 Å². The van der Waals surface area contributed by atoms with Crippen LogP contribution in [0.5, 0.6) is 0 Å². The molecule has 0 aromatic carbocycles. The molecule has 0 heterocycles. The molecule has 0 rings (SSSR count). The number of hydrogen-bond acceptors (Lipinski definition) is 6. The first-order valence-electron chi connectivity index (χ1n) is 8.29. The fraction of sp³-hybridized carbons (Fsp3) is 0.722. The Morgan fingerprint density at radius 2 is 1.56 bits per heavy atom. The number of alkyl carbamates (subject to hydrolysis) is 1. The molecule has 0 aliphatic rings. The Labute approximate surface area is 150 Å². The van der Waals surface area contributed by atoms with Crippen molar-refractivity contribution in [3.63, 3.8) is 0 Å². The Bertz CT molecular complexity index is 447. The van der Waals surface area contributed by atoms with Gasteiger partial charge in [-0.05, 0) is 53.4 Å². The Kier molecular flexibility index (Phi) is 14.3. The summed E-state index contributed by atoms with van der Waals surface area (Å²) in [5.74, 6) is -0.231. The van der Waals surface area contributed by atoms with Crippen molar-refractivity contribution < 1.29 is 28.7 Å². The molecule has 0 unspecified atom stereocenters. The molecule has 7 heteroatoms. The van der Waals surface area contributed by atoms with Gasteiger partial charge in [-0.3, -0.25) is 4.79 Å². The van der Waals surface area contributed by atoms with Gasteiger partial charge in [0.05, 0.1) is 13.0 Å². The highest BCUT2D eigenvalue weighted by Crippen LogP contribution is 2.09. The third kappa shape index (κ3) is 18.0. The number of esters is 1. The largest absolute Gasteiger partial charge is 0.469 e. The van der Waals surface area contributed by atoms with Crippen LogP contribution >= 0.6 is 0 Å². The van der Waals surface area contributed by atoms with Crippen molar-refractivity contribution in [1.82, 2.24) is 5.32 Å². The second-order valence-corrected chi connectivity index (χ2v) is 6.68. The summed E-state index contributed by atoms with van der Waals surface area (Å²) >= 11 is 0. The van der Waals surface area contributed by atoms with Gasteiger partial charge in [-0.25, -0.2) is 4.79 Å². The van der Waals surface area contributed by atoms with Crippen LogP contribution in [-0.4, -0.2) is 37.0 Å². The predicted octanol–water partition coefficient (Wildman–Crippen LogP) is 3.24. The van der Waals surface area contributed by atoms with Gasteiger partial charge in [0.2, 0.25) is 0 Å². The van der Waals surface area contributed by atoms with Gasteiger partial charge in [-0.2, -0.15) is 9.59 Å². The lowest BCUT2D eigenvalue weighted by Crippen LogP contribution is -2.37. The van der Waals surface area contributed by atoms with Gasteiger partial charge in [0, 0.05) is 6.04 Å². The summed E-state index contributed by atoms with van der Waals surface area (Å²) in [4.78, 5) is 39.1. The van der Waals surface area contributed by atoms with Crippen LogP contribution in [0.1, 0.15) is 60.3 Å². The molecule has 1 amide bonds. The van der Waals surface area contributed by atoms with Gasteiger partial charge in [0.1, 0.15) is 5.60 Å². The fourth-order valence-electron chi connectivity index (χ4n) is 1.83. The zero-order chi connectivity index (χ0) is 19.9. The van der Waals surface area contributed by atoms with Crippen molar-refractivity contribution in [3.05, 3.63) is 12.2 Å². The number of ether oxygens (including phenoxy) is 2. The molecule has 25 heavy (non-hydrogen) atoms. The molecule has 0 radical (unpaired) electrons. The molecule has 0 aliphatic carbocycles. The lowest BCUT2D eigenvalue weighted by Gasteiger charge is -2.21. The number of carbonyl (C=O) groups is 2. The average molecular weight is 357 g/mol. The van der Waals surface area contributed by atoms with Crippen LogP contribution in [0.3, 0.4) is 0 Å². The third-order valence-electron chi connectivity index (χ3n) is 3.07. The smallest absolute Gasteiger partial charge is 0.407 e. The zero-order valence-corrected chi connectivity index (χ0v) is 16.1. The normalized spacial score (nSPS) is 13.0. The standard InChI is InChI=1S/C17H31NO4.CO2/c1-13(15(19)21-6)11-9-7-8-10-12-14(2)18-16(20)22-17(3,4)5;2-1-3/h7-8,13-14H,9-12H2,1-6H3,(H,18,20);/b8-7-;/t13-,14+;/m0./s1. The molecule has 2 atom stereocenters. The Balaban J connectivity index is 0. The summed E-state index contributed by atoms with van der Waals surface area (Å²) < 4.78 is 9.88. The number of methoxy groups -OCH3 is 1. The van der Waals surface area contributed by atoms with E-state index in [1.807, 2.05) is 34.6 Å². The van der Waals surface area contributed by atoms with Crippen LogP contribution in [0.25, 0.3) is 0 Å². The first-order chi connectivity index (χ1) is 11.6. The summed E-state index contributed by atoms with van der Waals surface area (Å²) in [7, 11) is 1.41. The SMILES string of the molecule is COC(=O)[C@@H](C)CC/C=C\CC[C@@H](C)NC(=O)OC(C)(C)C.O=C=O. The van der Waals surface area contributed by atoms with E-state index in [1.165, 1.54) is 7.11 Å². The lowest BCUT2D eigenvalue weighted by molar-refractivity contribution is -0.191. The van der Waals surface area contributed by atoms with E-state index >= 15 is 0 Å². The number of hydrogen-bond donors (Lipinski definition) is 1. The van der Waals surface area contributed by atoms with Crippen molar-refractivity contribution in [2.75, 3.05) is 7.11 Å². The first kappa shape index (κ1) is 25.1. The summed E-state index contributed by atoms with van der Waals surface area (Å²) in [6.07, 6.45) is 7.39. The van der Waals surface area contributed by atoms with E-state index in [0.29, 0.717) is 0 Å². The molecule has 0 fully saturated rings. The lowest BCUT2D eigenvalue weighted by atomic mass is 10.1. The van der Waals surface area contributed by atoms with E-state index in [9.17, 15) is 9.59 Å². The molecule has 0 aliphatic heterocycles. The monoisotopic (exact) mass is 357 g/mol. The molecular weight excluding hydrogens is 326 g/mol. The van der Waals surface area contributed by atoms with E-state index in [0.717, 1.165) is 25.7 Å². The number of rotatable bonds is 8. The van der Waals surface area contributed by atoms with E-state index in [2.05, 4.69) is 22.2 Å². The van der Waals surface area contributed by atoms with Crippen molar-refractivity contribution >= 4 is 18.2 Å². The first-order valence-corrected chi connectivity index (χ1v) is 8.29. The van der Waals surface area contributed by atoms with E-state index in [-0.39, 0.29) is 30.2 Å². The molecule has 0 spiro atoms. The highest BCUT2D eigenvalue weighted by atomic mass is 16.6. The van der Waals surface area contributed by atoms with Crippen LogP contribution in [0.15, 0.2) is 12.2 Å². The minimum absolute atomic E-state index is 0.0634. The Hall–Kier alpha value is -2.14. The van der Waals surface area contributed by atoms with E-state index < -0.39 is 5.60 Å². The molecule has 0 aromatic heterocycles. The maximum Gasteiger partial charge on any atom is 0.407 e. The van der Waals surface area contributed by atoms with Crippen LogP contribution in [0.4, 0.5) is 4.79 Å². The highest BCUT2D eigenvalue weighted by molar-refractivity contribution is 5.71. The number of allylic oxidation sites excluding steroid dienone is 2. The van der Waals surface area contributed by atoms with Crippen molar-refractivity contribution in [3.8, 4) is 0 Å². The van der Waals surface area contributed by atoms with Crippen LogP contribution < -0.4 is 5.32 Å². The minimum Gasteiger partial charge on any atom is -0.469 e. The van der Waals surface area contributed by atoms with Gasteiger partial charge < -0.3 is 14.8 Å². The second kappa shape index (κ2) is 14.2. The topological polar surface area (TPSA) is 98.8 Å². The molecule has 0 aromatic rings. The maximum absolute atomic E-state index is 11.6. The number of carbonyl (C=O) groups excluding carboxylic acids is 4. The van der Waals surface area contributed by atoms with E-state index in [1.54, 1.807) is 0 Å². The Morgan fingerprint density at radius 1 is 1.08 bits per heavy atom. The Morgan fingerprint density at radius 3 is 2.00 bits per heavy atom. The molecule has 1 N–H and O–H groups in total. The molecule has 7 nitrogen and oxygen atoms in total. The summed E-state index contributed by atoms with van der Waals surface area (Å²) in [6, 6.07) is 0.0634. The maximum atomic E-state index is 11.6. The number of amides is 1. The molecular formula is C18H31NO6. The van der Waals surface area contributed by atoms with Crippen molar-refractivity contribution in [2.45, 2.75) is 71.9 Å². The van der Waals surface area contributed by atoms with Crippen LogP contribution in [0.2, 0.25) is 0 Å². The fourth-order valence-corrected chi connectivity index (χ4v) is 1.83. The van der Waals surface area contributed by atoms with Crippen LogP contribution in [0, 0.1) is 5.92 Å². The minimum atomic E-state index is -0.472. The van der Waals surface area contributed by atoms with Crippen LogP contribution in [-0.2, 0) is 23.9 Å². The predicted molar refractivity (Wildman–Crippen MR) is 92.6 cm³/mol. The van der Waals surface area contributed by atoms with E-state index in [4.69, 9.17) is 14.3 Å². The molecule has 0 saturated carbocycles. The highest BCUT2D eigenvalue weighted by Gasteiger charge is 2.17. The second-order valence-electron chi connectivity index (χ2n) is 6.68. The summed E-state index contributed by atoms with van der Waals surface area (Å²) in [5.41, 5.74) is -0.472. The van der Waals surface area contributed by atoms with Gasteiger partial charge >= 0.3 is 18.2 Å². The van der Waals surface area contributed by atoms with Crippen molar-refractivity contribution in [2.24, 2.45) is 5.92 Å². The quantitative estimate of drug-likeness (QED) is 0.529. The zero-order valence-electron chi connectivity index (χ0n) is 16.1. The molecule has 0 saturated heterocycles. The van der Waals surface area contributed by atoms with Gasteiger partial charge in [0.15, 0.2) is 0 Å². The molecule has 0 bridgehead atoms. The molecule has 144 valence electrons. The van der Waals surface area contributed by atoms with Gasteiger partial charge in [0.25, 0.3) is 0 Å². The van der Waals surface area contributed by atoms with Gasteiger partial charge in [-0.1, -0.05) is 19.1 Å². The average Bonchev–Trinajstić information content (AvgIpc) is 2.48. The summed E-state index contributed by atoms with van der Waals surface area (Å²) in [5, 5.41) is 2.81. The van der Waals surface area contributed by atoms with Gasteiger partial charge in [-0.15, -0.1) is 0 Å². The third-order valence-corrected chi connectivity index (χ3v) is 3.07. The summed E-state index contributed by atoms with van der Waals surface area (Å²) in [6.45, 7) is 9.35. The number of nitrogens with one attached hydrogen (secondary N) is 1.